The molecule has 0 aliphatic carbocycles. The van der Waals surface area contributed by atoms with E-state index in [1.165, 1.54) is 16.7 Å². The van der Waals surface area contributed by atoms with E-state index >= 15 is 0 Å². The highest BCUT2D eigenvalue weighted by Crippen LogP contribution is 2.25. The predicted octanol–water partition coefficient (Wildman–Crippen LogP) is 5.65. The zero-order valence-electron chi connectivity index (χ0n) is 17.3. The molecule has 30 heavy (non-hydrogen) atoms. The van der Waals surface area contributed by atoms with Crippen molar-refractivity contribution in [3.8, 4) is 11.4 Å². The molecule has 0 aliphatic heterocycles. The van der Waals surface area contributed by atoms with Gasteiger partial charge in [0.1, 0.15) is 11.6 Å². The third kappa shape index (κ3) is 4.92. The lowest BCUT2D eigenvalue weighted by molar-refractivity contribution is 0.344. The number of thioether (sulfide) groups is 1. The molecule has 0 saturated carbocycles. The van der Waals surface area contributed by atoms with E-state index in [1.54, 1.807) is 11.8 Å². The van der Waals surface area contributed by atoms with Crippen molar-refractivity contribution in [1.29, 1.82) is 0 Å². The smallest absolute Gasteiger partial charge is 0.195 e. The number of ether oxygens (including phenoxy) is 1. The number of para-hydroxylation sites is 1. The third-order valence-corrected chi connectivity index (χ3v) is 5.87. The molecule has 152 valence electrons. The molecule has 0 spiro atoms. The Labute approximate surface area is 181 Å². The Balaban J connectivity index is 1.55. The van der Waals surface area contributed by atoms with Gasteiger partial charge in [-0.1, -0.05) is 66.4 Å². The van der Waals surface area contributed by atoms with E-state index in [-0.39, 0.29) is 0 Å². The summed E-state index contributed by atoms with van der Waals surface area (Å²) >= 11 is 1.67. The van der Waals surface area contributed by atoms with Crippen LogP contribution in [0, 0.1) is 13.8 Å². The average molecular weight is 416 g/mol. The first-order valence-electron chi connectivity index (χ1n) is 10.1. The van der Waals surface area contributed by atoms with E-state index in [0.717, 1.165) is 34.6 Å². The first-order valence-corrected chi connectivity index (χ1v) is 11.1. The molecule has 0 fully saturated rings. The van der Waals surface area contributed by atoms with Crippen LogP contribution in [0.5, 0.6) is 5.75 Å². The normalized spacial score (nSPS) is 10.9. The fraction of sp³-hybridized carbons (Fsp3) is 0.200. The maximum Gasteiger partial charge on any atom is 0.195 e. The van der Waals surface area contributed by atoms with Gasteiger partial charge in [0.15, 0.2) is 5.16 Å². The van der Waals surface area contributed by atoms with E-state index in [2.05, 4.69) is 71.1 Å². The summed E-state index contributed by atoms with van der Waals surface area (Å²) in [5, 5.41) is 9.92. The quantitative estimate of drug-likeness (QED) is 0.276. The van der Waals surface area contributed by atoms with E-state index in [9.17, 15) is 0 Å². The highest BCUT2D eigenvalue weighted by atomic mass is 32.2. The van der Waals surface area contributed by atoms with E-state index in [1.807, 2.05) is 36.4 Å². The van der Waals surface area contributed by atoms with Gasteiger partial charge in [-0.25, -0.2) is 0 Å². The van der Waals surface area contributed by atoms with Gasteiger partial charge in [0.2, 0.25) is 0 Å². The lowest BCUT2D eigenvalue weighted by Crippen LogP contribution is -2.06. The molecular weight excluding hydrogens is 390 g/mol. The minimum absolute atomic E-state index is 0.614. The number of hydrogen-bond acceptors (Lipinski definition) is 4. The first kappa shape index (κ1) is 20.2. The van der Waals surface area contributed by atoms with Crippen molar-refractivity contribution in [3.05, 3.63) is 101 Å². The molecule has 0 N–H and O–H groups in total. The van der Waals surface area contributed by atoms with Crippen LogP contribution in [0.1, 0.15) is 22.5 Å². The van der Waals surface area contributed by atoms with Crippen LogP contribution in [0.4, 0.5) is 0 Å². The van der Waals surface area contributed by atoms with E-state index in [4.69, 9.17) is 4.74 Å². The SMILES string of the molecule is Cc1ccc(-n2c(Cc3ccccc3)nnc2SCCOc2ccccc2)cc1C. The van der Waals surface area contributed by atoms with Crippen LogP contribution in [0.3, 0.4) is 0 Å². The molecular formula is C25H25N3OS. The Morgan fingerprint density at radius 3 is 2.30 bits per heavy atom. The van der Waals surface area contributed by atoms with Crippen molar-refractivity contribution in [2.75, 3.05) is 12.4 Å². The first-order chi connectivity index (χ1) is 14.7. The Kier molecular flexibility index (Phi) is 6.50. The summed E-state index contributed by atoms with van der Waals surface area (Å²) in [5.74, 6) is 2.62. The van der Waals surface area contributed by atoms with Crippen molar-refractivity contribution in [1.82, 2.24) is 14.8 Å². The fourth-order valence-electron chi connectivity index (χ4n) is 3.22. The summed E-state index contributed by atoms with van der Waals surface area (Å²) in [6.45, 7) is 4.88. The Morgan fingerprint density at radius 1 is 0.833 bits per heavy atom. The predicted molar refractivity (Wildman–Crippen MR) is 123 cm³/mol. The van der Waals surface area contributed by atoms with Gasteiger partial charge >= 0.3 is 0 Å². The Bertz CT molecular complexity index is 1090. The zero-order chi connectivity index (χ0) is 20.8. The molecule has 0 aliphatic rings. The number of aromatic nitrogens is 3. The number of nitrogens with zero attached hydrogens (tertiary/aromatic N) is 3. The maximum absolute atomic E-state index is 5.83. The van der Waals surface area contributed by atoms with Gasteiger partial charge in [-0.05, 0) is 54.8 Å². The second-order valence-electron chi connectivity index (χ2n) is 7.18. The molecule has 0 unspecified atom stereocenters. The summed E-state index contributed by atoms with van der Waals surface area (Å²) in [7, 11) is 0. The van der Waals surface area contributed by atoms with Crippen molar-refractivity contribution in [3.63, 3.8) is 0 Å². The fourth-order valence-corrected chi connectivity index (χ4v) is 4.01. The highest BCUT2D eigenvalue weighted by Gasteiger charge is 2.15. The molecule has 1 heterocycles. The average Bonchev–Trinajstić information content (AvgIpc) is 3.17. The molecule has 0 saturated heterocycles. The highest BCUT2D eigenvalue weighted by molar-refractivity contribution is 7.99. The van der Waals surface area contributed by atoms with Gasteiger partial charge in [-0.2, -0.15) is 0 Å². The lowest BCUT2D eigenvalue weighted by Gasteiger charge is -2.12. The second-order valence-corrected chi connectivity index (χ2v) is 8.24. The van der Waals surface area contributed by atoms with Crippen molar-refractivity contribution in [2.24, 2.45) is 0 Å². The summed E-state index contributed by atoms with van der Waals surface area (Å²) in [5.41, 5.74) is 4.86. The van der Waals surface area contributed by atoms with Crippen LogP contribution < -0.4 is 4.74 Å². The lowest BCUT2D eigenvalue weighted by atomic mass is 10.1. The number of benzene rings is 3. The molecule has 0 radical (unpaired) electrons. The van der Waals surface area contributed by atoms with E-state index < -0.39 is 0 Å². The van der Waals surface area contributed by atoms with Gasteiger partial charge in [-0.3, -0.25) is 4.57 Å². The molecule has 1 aromatic heterocycles. The van der Waals surface area contributed by atoms with Crippen molar-refractivity contribution >= 4 is 11.8 Å². The molecule has 0 atom stereocenters. The minimum atomic E-state index is 0.614. The van der Waals surface area contributed by atoms with Crippen LogP contribution in [-0.2, 0) is 6.42 Å². The Hall–Kier alpha value is -3.05. The molecule has 4 nitrogen and oxygen atoms in total. The largest absolute Gasteiger partial charge is 0.493 e. The van der Waals surface area contributed by atoms with Crippen LogP contribution >= 0.6 is 11.8 Å². The number of aryl methyl sites for hydroxylation is 2. The van der Waals surface area contributed by atoms with Gasteiger partial charge in [0.25, 0.3) is 0 Å². The molecule has 4 rings (SSSR count). The summed E-state index contributed by atoms with van der Waals surface area (Å²) in [6, 6.07) is 26.8. The molecule has 0 bridgehead atoms. The van der Waals surface area contributed by atoms with Crippen molar-refractivity contribution < 1.29 is 4.74 Å². The van der Waals surface area contributed by atoms with Gasteiger partial charge in [-0.15, -0.1) is 10.2 Å². The topological polar surface area (TPSA) is 39.9 Å². The van der Waals surface area contributed by atoms with Crippen LogP contribution in [0.2, 0.25) is 0 Å². The molecule has 0 amide bonds. The zero-order valence-corrected chi connectivity index (χ0v) is 18.1. The summed E-state index contributed by atoms with van der Waals surface area (Å²) < 4.78 is 8.01. The second kappa shape index (κ2) is 9.63. The van der Waals surface area contributed by atoms with Crippen molar-refractivity contribution in [2.45, 2.75) is 25.4 Å². The molecule has 4 aromatic rings. The summed E-state index contributed by atoms with van der Waals surface area (Å²) in [4.78, 5) is 0. The molecule has 3 aromatic carbocycles. The molecule has 5 heteroatoms. The number of rotatable bonds is 8. The minimum Gasteiger partial charge on any atom is -0.493 e. The van der Waals surface area contributed by atoms with Gasteiger partial charge in [0.05, 0.1) is 6.61 Å². The van der Waals surface area contributed by atoms with Crippen LogP contribution in [-0.4, -0.2) is 27.1 Å². The van der Waals surface area contributed by atoms with Gasteiger partial charge in [0, 0.05) is 17.9 Å². The third-order valence-electron chi connectivity index (χ3n) is 4.98. The standard InChI is InChI=1S/C25H25N3OS/c1-19-13-14-22(17-20(19)2)28-24(18-21-9-5-3-6-10-21)26-27-25(28)30-16-15-29-23-11-7-4-8-12-23/h3-14,17H,15-16,18H2,1-2H3. The number of hydrogen-bond donors (Lipinski definition) is 0. The van der Waals surface area contributed by atoms with Crippen LogP contribution in [0.25, 0.3) is 5.69 Å². The monoisotopic (exact) mass is 415 g/mol. The van der Waals surface area contributed by atoms with E-state index in [0.29, 0.717) is 6.61 Å². The summed E-state index contributed by atoms with van der Waals surface area (Å²) in [6.07, 6.45) is 0.738. The van der Waals surface area contributed by atoms with Gasteiger partial charge < -0.3 is 4.74 Å². The van der Waals surface area contributed by atoms with Crippen LogP contribution in [0.15, 0.2) is 84.0 Å². The maximum atomic E-state index is 5.83. The Morgan fingerprint density at radius 2 is 1.57 bits per heavy atom.